The van der Waals surface area contributed by atoms with Gasteiger partial charge in [-0.1, -0.05) is 59.6 Å². The molecule has 6 aromatic rings. The number of aromatic nitrogens is 2. The van der Waals surface area contributed by atoms with E-state index >= 15 is 0 Å². The van der Waals surface area contributed by atoms with Crippen molar-refractivity contribution in [3.8, 4) is 34.1 Å². The number of aliphatic carboxylic acids is 1. The summed E-state index contributed by atoms with van der Waals surface area (Å²) in [6.07, 6.45) is 8.66. The van der Waals surface area contributed by atoms with Crippen LogP contribution in [0.4, 0.5) is 0 Å². The predicted octanol–water partition coefficient (Wildman–Crippen LogP) is 8.53. The molecule has 7 N–H and O–H groups in total. The minimum atomic E-state index is -1.04. The molecule has 0 aliphatic rings. The Morgan fingerprint density at radius 3 is 1.63 bits per heavy atom. The number of ether oxygens (including phenoxy) is 4. The van der Waals surface area contributed by atoms with Crippen molar-refractivity contribution in [2.75, 3.05) is 6.61 Å². The van der Waals surface area contributed by atoms with Crippen LogP contribution in [0.25, 0.3) is 11.1 Å². The second kappa shape index (κ2) is 22.1. The third-order valence-electron chi connectivity index (χ3n) is 10.3. The van der Waals surface area contributed by atoms with E-state index in [2.05, 4.69) is 27.4 Å². The van der Waals surface area contributed by atoms with Crippen molar-refractivity contribution in [3.63, 3.8) is 0 Å². The van der Waals surface area contributed by atoms with Gasteiger partial charge in [0.25, 0.3) is 0 Å². The van der Waals surface area contributed by atoms with Gasteiger partial charge in [0.1, 0.15) is 49.4 Å². The van der Waals surface area contributed by atoms with Crippen LogP contribution in [0.2, 0.25) is 10.0 Å². The van der Waals surface area contributed by atoms with Gasteiger partial charge in [0.05, 0.1) is 28.6 Å². The number of pyridine rings is 2. The molecule has 1 atom stereocenters. The number of hydrogen-bond donors (Lipinski definition) is 5. The Morgan fingerprint density at radius 2 is 1.17 bits per heavy atom. The average Bonchev–Trinajstić information content (AvgIpc) is 3.29. The molecule has 0 bridgehead atoms. The van der Waals surface area contributed by atoms with Gasteiger partial charge in [0.2, 0.25) is 0 Å². The molecule has 4 aromatic carbocycles. The number of aliphatic hydroxyl groups excluding tert-OH is 1. The van der Waals surface area contributed by atoms with Gasteiger partial charge in [-0.2, -0.15) is 0 Å². The Labute approximate surface area is 375 Å². The fourth-order valence-corrected chi connectivity index (χ4v) is 7.29. The normalized spacial score (nSPS) is 11.5. The molecule has 0 saturated heterocycles. The van der Waals surface area contributed by atoms with Crippen LogP contribution in [0.1, 0.15) is 62.1 Å². The molecule has 0 aliphatic carbocycles. The number of benzene rings is 4. The Balaban J connectivity index is 1.18. The van der Waals surface area contributed by atoms with E-state index in [0.717, 1.165) is 44.5 Å². The van der Waals surface area contributed by atoms with Gasteiger partial charge in [0.15, 0.2) is 6.61 Å². The Bertz CT molecular complexity index is 2590. The Morgan fingerprint density at radius 1 is 0.698 bits per heavy atom. The summed E-state index contributed by atoms with van der Waals surface area (Å²) in [6, 6.07) is 21.8. The van der Waals surface area contributed by atoms with Crippen molar-refractivity contribution in [1.29, 1.82) is 10.8 Å². The van der Waals surface area contributed by atoms with E-state index in [4.69, 9.17) is 58.1 Å². The number of rotatable bonds is 22. The summed E-state index contributed by atoms with van der Waals surface area (Å²) in [5.41, 5.74) is 10.0. The number of aliphatic hydroxyl groups is 1. The summed E-state index contributed by atoms with van der Waals surface area (Å²) < 4.78 is 25.0. The van der Waals surface area contributed by atoms with Crippen LogP contribution in [0, 0.1) is 24.7 Å². The van der Waals surface area contributed by atoms with Gasteiger partial charge in [-0.3, -0.25) is 14.8 Å². The highest BCUT2D eigenvalue weighted by Crippen LogP contribution is 2.37. The van der Waals surface area contributed by atoms with Crippen molar-refractivity contribution in [1.82, 2.24) is 15.3 Å². The van der Waals surface area contributed by atoms with Crippen LogP contribution in [0.15, 0.2) is 97.6 Å². The number of halogens is 2. The lowest BCUT2D eigenvalue weighted by molar-refractivity contribution is -0.137. The fraction of sp³-hybridized carbons (Fsp3) is 0.229. The van der Waals surface area contributed by atoms with E-state index < -0.39 is 12.0 Å². The van der Waals surface area contributed by atoms with E-state index in [1.807, 2.05) is 44.2 Å². The first-order valence-electron chi connectivity index (χ1n) is 19.9. The van der Waals surface area contributed by atoms with Crippen molar-refractivity contribution in [2.24, 2.45) is 0 Å². The average molecular weight is 894 g/mol. The first kappa shape index (κ1) is 46.2. The lowest BCUT2D eigenvalue weighted by atomic mass is 9.92. The maximum absolute atomic E-state index is 11.3. The monoisotopic (exact) mass is 892 g/mol. The third-order valence-corrected chi connectivity index (χ3v) is 10.9. The van der Waals surface area contributed by atoms with Crippen molar-refractivity contribution in [2.45, 2.75) is 65.9 Å². The van der Waals surface area contributed by atoms with Crippen molar-refractivity contribution < 1.29 is 39.1 Å². The van der Waals surface area contributed by atoms with E-state index in [1.54, 1.807) is 55.1 Å². The third kappa shape index (κ3) is 12.2. The maximum Gasteiger partial charge on any atom is 0.305 e. The van der Waals surface area contributed by atoms with Crippen LogP contribution in [0.5, 0.6) is 23.0 Å². The lowest BCUT2D eigenvalue weighted by Gasteiger charge is -2.19. The summed E-state index contributed by atoms with van der Waals surface area (Å²) in [5.74, 6) is 0.684. The summed E-state index contributed by atoms with van der Waals surface area (Å²) in [5, 5.41) is 45.9. The highest BCUT2D eigenvalue weighted by atomic mass is 35.5. The van der Waals surface area contributed by atoms with E-state index in [0.29, 0.717) is 55.3 Å². The first-order valence-corrected chi connectivity index (χ1v) is 20.7. The molecule has 15 heteroatoms. The molecular weight excluding hydrogens is 845 g/mol. The molecule has 63 heavy (non-hydrogen) atoms. The zero-order valence-electron chi connectivity index (χ0n) is 34.7. The SMILES string of the molecule is Cc1c(COc2cc(OCc3cncc(C=N)c3)c(C[OH2+])cc2Cl)cccc1-c1cccc(COc2cc(OCc3cncc(C=N)c3)c(CN[C@@H](CO)CC(=O)O)cc2Cl)c1C. The van der Waals surface area contributed by atoms with Crippen LogP contribution in [0.3, 0.4) is 0 Å². The summed E-state index contributed by atoms with van der Waals surface area (Å²) in [4.78, 5) is 19.7. The lowest BCUT2D eigenvalue weighted by Crippen LogP contribution is -2.34. The summed E-state index contributed by atoms with van der Waals surface area (Å²) in [6.45, 7) is 4.61. The van der Waals surface area contributed by atoms with E-state index in [9.17, 15) is 15.0 Å². The smallest absolute Gasteiger partial charge is 0.305 e. The zero-order chi connectivity index (χ0) is 44.9. The second-order valence-corrected chi connectivity index (χ2v) is 15.5. The van der Waals surface area contributed by atoms with Gasteiger partial charge in [-0.15, -0.1) is 0 Å². The molecule has 0 unspecified atom stereocenters. The molecule has 0 aliphatic heterocycles. The van der Waals surface area contributed by atoms with Crippen LogP contribution < -0.4 is 24.3 Å². The zero-order valence-corrected chi connectivity index (χ0v) is 36.2. The number of carboxylic acid groups (broad SMARTS) is 1. The molecular formula is C48H48Cl2N5O8+. The summed E-state index contributed by atoms with van der Waals surface area (Å²) >= 11 is 13.4. The van der Waals surface area contributed by atoms with Crippen LogP contribution >= 0.6 is 23.2 Å². The quantitative estimate of drug-likeness (QED) is 0.0325. The number of nitrogens with one attached hydrogen (secondary N) is 3. The van der Waals surface area contributed by atoms with Crippen LogP contribution in [-0.4, -0.2) is 56.3 Å². The minimum Gasteiger partial charge on any atom is -0.488 e. The van der Waals surface area contributed by atoms with Gasteiger partial charge >= 0.3 is 5.97 Å². The van der Waals surface area contributed by atoms with Gasteiger partial charge in [-0.25, -0.2) is 0 Å². The Kier molecular flexibility index (Phi) is 16.2. The molecule has 13 nitrogen and oxygen atoms in total. The molecule has 0 amide bonds. The molecule has 2 aromatic heterocycles. The standard InChI is InChI=1S/C48H47Cl2N5O8/c1-29-35(27-62-46-14-44(60-25-33-9-31(16-51)18-53-20-33)37(11-42(46)49)22-55-39(24-57)13-48(58)59)5-3-7-40(29)41-8-4-6-36(30(41)2)28-63-47-15-45(38(23-56)12-43(47)50)61-26-34-10-32(17-52)19-54-21-34/h3-12,14-21,39,51-52,55-57H,13,22-28H2,1-2H3,(H,58,59)/p+1/t39-/m1/s1. The van der Waals surface area contributed by atoms with E-state index in [1.165, 1.54) is 12.4 Å². The molecule has 6 rings (SSSR count). The topological polar surface area (TPSA) is 203 Å². The van der Waals surface area contributed by atoms with Crippen LogP contribution in [-0.2, 0) is 44.4 Å². The molecule has 0 fully saturated rings. The van der Waals surface area contributed by atoms with Gasteiger partial charge in [-0.05, 0) is 71.5 Å². The maximum atomic E-state index is 11.3. The molecule has 0 saturated carbocycles. The summed E-state index contributed by atoms with van der Waals surface area (Å²) in [7, 11) is 0. The largest absolute Gasteiger partial charge is 0.488 e. The van der Waals surface area contributed by atoms with Crippen molar-refractivity contribution >= 4 is 41.6 Å². The fourth-order valence-electron chi connectivity index (χ4n) is 6.81. The van der Waals surface area contributed by atoms with Crippen molar-refractivity contribution in [3.05, 3.63) is 163 Å². The van der Waals surface area contributed by atoms with E-state index in [-0.39, 0.29) is 52.6 Å². The number of carboxylic acids is 1. The minimum absolute atomic E-state index is 0.0315. The first-order chi connectivity index (χ1) is 30.5. The highest BCUT2D eigenvalue weighted by molar-refractivity contribution is 6.32. The van der Waals surface area contributed by atoms with Gasteiger partial charge < -0.3 is 50.4 Å². The highest BCUT2D eigenvalue weighted by Gasteiger charge is 2.19. The molecule has 326 valence electrons. The molecule has 0 spiro atoms. The number of carbonyl (C=O) groups is 1. The number of nitrogens with zero attached hydrogens (tertiary/aromatic N) is 2. The Hall–Kier alpha value is -6.35. The second-order valence-electron chi connectivity index (χ2n) is 14.7. The molecule has 2 heterocycles. The number of hydrogen-bond acceptors (Lipinski definition) is 11. The van der Waals surface area contributed by atoms with Gasteiger partial charge in [0, 0.05) is 89.8 Å². The molecule has 0 radical (unpaired) electrons. The predicted molar refractivity (Wildman–Crippen MR) is 243 cm³/mol.